The maximum Gasteiger partial charge on any atom is 0.413 e. The van der Waals surface area contributed by atoms with Gasteiger partial charge in [-0.05, 0) is 80.4 Å². The molecule has 3 aromatic carbocycles. The molecule has 0 bridgehead atoms. The second-order valence-corrected chi connectivity index (χ2v) is 16.8. The molecule has 0 spiro atoms. The minimum atomic E-state index is -1.11. The fourth-order valence-corrected chi connectivity index (χ4v) is 7.38. The van der Waals surface area contributed by atoms with Gasteiger partial charge in [0.05, 0.1) is 16.6 Å². The lowest BCUT2D eigenvalue weighted by Gasteiger charge is -2.24. The zero-order valence-electron chi connectivity index (χ0n) is 37.8. The number of hydrogen-bond acceptors (Lipinski definition) is 11. The third-order valence-corrected chi connectivity index (χ3v) is 10.9. The smallest absolute Gasteiger partial charge is 0.413 e. The van der Waals surface area contributed by atoms with Gasteiger partial charge in [0.2, 0.25) is 17.7 Å². The van der Waals surface area contributed by atoms with Gasteiger partial charge in [-0.2, -0.15) is 0 Å². The normalized spacial score (nSPS) is 13.4. The highest BCUT2D eigenvalue weighted by molar-refractivity contribution is 6.13. The van der Waals surface area contributed by atoms with E-state index in [1.165, 1.54) is 24.6 Å². The molecule has 1 aliphatic heterocycles. The Bertz CT molecular complexity index is 2660. The number of fused-ring (bicyclic) bond motifs is 3. The molecule has 5 aromatic rings. The van der Waals surface area contributed by atoms with Gasteiger partial charge in [0, 0.05) is 55.7 Å². The van der Waals surface area contributed by atoms with Crippen molar-refractivity contribution in [3.8, 4) is 0 Å². The van der Waals surface area contributed by atoms with Crippen molar-refractivity contribution in [3.05, 3.63) is 107 Å². The van der Waals surface area contributed by atoms with Crippen LogP contribution in [0.25, 0.3) is 21.9 Å². The number of imidazole rings is 1. The number of benzene rings is 3. The summed E-state index contributed by atoms with van der Waals surface area (Å²) in [6.07, 6.45) is 3.72. The second-order valence-electron chi connectivity index (χ2n) is 16.8. The van der Waals surface area contributed by atoms with Gasteiger partial charge < -0.3 is 35.3 Å². The maximum absolute atomic E-state index is 13.4. The van der Waals surface area contributed by atoms with Crippen LogP contribution < -0.4 is 21.3 Å². The lowest BCUT2D eigenvalue weighted by Crippen LogP contribution is -2.54. The summed E-state index contributed by atoms with van der Waals surface area (Å²) in [4.78, 5) is 101. The SMILES string of the molecule is CCCCc1nc2c(NC(=O)OCc3ccc(NC(=O)[C@H](C)NC(=O)[C@@H](NC(=O)CCN4C(=O)C=CC4=O)C(C)C)cc3)nc3cc(C(=O)O)ccc3c2n1Cc1ccc(CN(C)C)cc1. The summed E-state index contributed by atoms with van der Waals surface area (Å²) in [6, 6.07) is 17.6. The molecule has 18 nitrogen and oxygen atoms in total. The summed E-state index contributed by atoms with van der Waals surface area (Å²) >= 11 is 0. The Labute approximate surface area is 381 Å². The monoisotopic (exact) mass is 901 g/mol. The van der Waals surface area contributed by atoms with E-state index in [-0.39, 0.29) is 36.9 Å². The number of carbonyl (C=O) groups excluding carboxylic acids is 6. The first-order valence-corrected chi connectivity index (χ1v) is 21.8. The van der Waals surface area contributed by atoms with Crippen molar-refractivity contribution in [1.29, 1.82) is 0 Å². The van der Waals surface area contributed by atoms with Crippen molar-refractivity contribution < 1.29 is 43.4 Å². The number of nitrogens with zero attached hydrogens (tertiary/aromatic N) is 5. The molecule has 0 fully saturated rings. The van der Waals surface area contributed by atoms with Gasteiger partial charge in [0.25, 0.3) is 11.8 Å². The molecule has 2 atom stereocenters. The van der Waals surface area contributed by atoms with E-state index in [4.69, 9.17) is 9.72 Å². The first-order chi connectivity index (χ1) is 31.5. The van der Waals surface area contributed by atoms with Crippen LogP contribution in [0.3, 0.4) is 0 Å². The molecule has 2 aromatic heterocycles. The third-order valence-electron chi connectivity index (χ3n) is 10.9. The number of pyridine rings is 1. The summed E-state index contributed by atoms with van der Waals surface area (Å²) in [6.45, 7) is 8.06. The quantitative estimate of drug-likeness (QED) is 0.0620. The molecule has 1 aliphatic rings. The molecule has 3 heterocycles. The van der Waals surface area contributed by atoms with E-state index in [2.05, 4.69) is 66.9 Å². The summed E-state index contributed by atoms with van der Waals surface area (Å²) in [5, 5.41) is 21.2. The highest BCUT2D eigenvalue weighted by Crippen LogP contribution is 2.32. The topological polar surface area (TPSA) is 234 Å². The van der Waals surface area contributed by atoms with Crippen molar-refractivity contribution in [1.82, 2.24) is 35.0 Å². The number of imide groups is 1. The van der Waals surface area contributed by atoms with Crippen molar-refractivity contribution >= 4 is 75.0 Å². The number of rotatable bonds is 20. The number of unbranched alkanes of at least 4 members (excludes halogenated alkanes) is 1. The summed E-state index contributed by atoms with van der Waals surface area (Å²) in [5.74, 6) is -3.21. The predicted octanol–water partition coefficient (Wildman–Crippen LogP) is 5.38. The van der Waals surface area contributed by atoms with E-state index in [0.29, 0.717) is 46.2 Å². The summed E-state index contributed by atoms with van der Waals surface area (Å²) < 4.78 is 7.70. The van der Waals surface area contributed by atoms with Crippen LogP contribution in [0.4, 0.5) is 16.3 Å². The Hall–Kier alpha value is -7.47. The largest absolute Gasteiger partial charge is 0.478 e. The second kappa shape index (κ2) is 21.5. The number of aromatic nitrogens is 3. The standard InChI is InChI=1S/C48H55N9O9/c1-7-8-9-37-52-42-43(57(37)26-31-12-10-30(11-13-31)25-55(5)6)35-19-16-33(47(63)64)24-36(35)51-44(42)54-48(65)66-27-32-14-17-34(18-15-32)50-45(61)29(4)49-46(62)41(28(2)3)53-38(58)22-23-56-39(59)20-21-40(56)60/h10-21,24,28-29,41H,7-9,22-23,25-27H2,1-6H3,(H,49,62)(H,50,61)(H,53,58)(H,63,64)(H,51,54,65)/t29-,41-/m0/s1. The van der Waals surface area contributed by atoms with Gasteiger partial charge >= 0.3 is 12.1 Å². The number of anilines is 2. The number of ether oxygens (including phenoxy) is 1. The molecule has 0 radical (unpaired) electrons. The fraction of sp³-hybridized carbons (Fsp3) is 0.354. The molecule has 0 saturated carbocycles. The average Bonchev–Trinajstić information content (AvgIpc) is 3.81. The molecular weight excluding hydrogens is 847 g/mol. The Morgan fingerprint density at radius 3 is 2.12 bits per heavy atom. The molecule has 66 heavy (non-hydrogen) atoms. The summed E-state index contributed by atoms with van der Waals surface area (Å²) in [5.41, 5.74) is 4.78. The molecule has 0 aliphatic carbocycles. The van der Waals surface area contributed by atoms with E-state index < -0.39 is 53.7 Å². The van der Waals surface area contributed by atoms with Gasteiger partial charge in [0.1, 0.15) is 30.0 Å². The first kappa shape index (κ1) is 48.0. The van der Waals surface area contributed by atoms with Crippen molar-refractivity contribution in [3.63, 3.8) is 0 Å². The van der Waals surface area contributed by atoms with Crippen molar-refractivity contribution in [2.75, 3.05) is 31.3 Å². The number of nitrogens with one attached hydrogen (secondary N) is 4. The van der Waals surface area contributed by atoms with Crippen LogP contribution in [-0.4, -0.2) is 104 Å². The lowest BCUT2D eigenvalue weighted by atomic mass is 10.0. The number of aryl methyl sites for hydroxylation is 1. The molecular formula is C48H55N9O9. The van der Waals surface area contributed by atoms with Crippen LogP contribution in [0.2, 0.25) is 0 Å². The minimum Gasteiger partial charge on any atom is -0.478 e. The number of carboxylic acid groups (broad SMARTS) is 1. The highest BCUT2D eigenvalue weighted by Gasteiger charge is 2.29. The Balaban J connectivity index is 1.10. The van der Waals surface area contributed by atoms with E-state index in [1.54, 1.807) is 44.2 Å². The Kier molecular flexibility index (Phi) is 15.6. The van der Waals surface area contributed by atoms with Crippen LogP contribution in [0.1, 0.15) is 79.8 Å². The van der Waals surface area contributed by atoms with Gasteiger partial charge in [-0.15, -0.1) is 0 Å². The zero-order valence-corrected chi connectivity index (χ0v) is 37.8. The van der Waals surface area contributed by atoms with Gasteiger partial charge in [-0.1, -0.05) is 63.6 Å². The van der Waals surface area contributed by atoms with Crippen LogP contribution in [0.15, 0.2) is 78.9 Å². The van der Waals surface area contributed by atoms with E-state index in [9.17, 15) is 38.7 Å². The lowest BCUT2D eigenvalue weighted by molar-refractivity contribution is -0.137. The molecule has 5 N–H and O–H groups in total. The van der Waals surface area contributed by atoms with Crippen molar-refractivity contribution in [2.45, 2.75) is 85.2 Å². The van der Waals surface area contributed by atoms with E-state index >= 15 is 0 Å². The van der Waals surface area contributed by atoms with E-state index in [1.807, 2.05) is 14.1 Å². The number of hydrogen-bond donors (Lipinski definition) is 5. The minimum absolute atomic E-state index is 0.0416. The molecule has 346 valence electrons. The van der Waals surface area contributed by atoms with Crippen LogP contribution in [0.5, 0.6) is 0 Å². The van der Waals surface area contributed by atoms with Crippen LogP contribution in [0, 0.1) is 5.92 Å². The summed E-state index contributed by atoms with van der Waals surface area (Å²) in [7, 11) is 4.04. The maximum atomic E-state index is 13.4. The highest BCUT2D eigenvalue weighted by atomic mass is 16.5. The molecule has 6 rings (SSSR count). The number of aromatic carboxylic acids is 1. The van der Waals surface area contributed by atoms with Crippen LogP contribution >= 0.6 is 0 Å². The molecule has 0 saturated heterocycles. The molecule has 0 unspecified atom stereocenters. The average molecular weight is 902 g/mol. The fourth-order valence-electron chi connectivity index (χ4n) is 7.38. The Morgan fingerprint density at radius 1 is 0.818 bits per heavy atom. The van der Waals surface area contributed by atoms with E-state index in [0.717, 1.165) is 47.8 Å². The van der Waals surface area contributed by atoms with Gasteiger partial charge in [-0.25, -0.2) is 19.6 Å². The number of carbonyl (C=O) groups is 7. The van der Waals surface area contributed by atoms with Gasteiger partial charge in [0.15, 0.2) is 5.82 Å². The number of carboxylic acids is 1. The molecule has 6 amide bonds. The molecule has 18 heteroatoms. The van der Waals surface area contributed by atoms with Gasteiger partial charge in [-0.3, -0.25) is 34.2 Å². The van der Waals surface area contributed by atoms with Crippen molar-refractivity contribution in [2.24, 2.45) is 5.92 Å². The Morgan fingerprint density at radius 2 is 1.48 bits per heavy atom. The zero-order chi connectivity index (χ0) is 47.7. The van der Waals surface area contributed by atoms with Crippen LogP contribution in [-0.2, 0) is 54.8 Å². The number of amides is 6. The predicted molar refractivity (Wildman–Crippen MR) is 247 cm³/mol. The first-order valence-electron chi connectivity index (χ1n) is 21.8. The third kappa shape index (κ3) is 12.0.